The molecule has 82 valence electrons. The summed E-state index contributed by atoms with van der Waals surface area (Å²) in [5, 5.41) is 0.600. The number of nitrogen functional groups attached to an aromatic ring is 1. The fraction of sp³-hybridized carbons (Fsp3) is 0.0769. The van der Waals surface area contributed by atoms with Gasteiger partial charge in [-0.15, -0.1) is 0 Å². The van der Waals surface area contributed by atoms with Gasteiger partial charge in [0.25, 0.3) is 0 Å². The molecule has 0 saturated heterocycles. The molecule has 16 heavy (non-hydrogen) atoms. The van der Waals surface area contributed by atoms with E-state index in [0.717, 1.165) is 16.7 Å². The maximum absolute atomic E-state index is 6.15. The molecule has 0 amide bonds. The average molecular weight is 233 g/mol. The Hall–Kier alpha value is -1.51. The number of nitrogens with two attached hydrogens (primary N) is 2. The highest BCUT2D eigenvalue weighted by Crippen LogP contribution is 2.32. The molecule has 0 aliphatic carbocycles. The highest BCUT2D eigenvalue weighted by atomic mass is 35.5. The zero-order valence-corrected chi connectivity index (χ0v) is 9.54. The van der Waals surface area contributed by atoms with Gasteiger partial charge in [-0.2, -0.15) is 0 Å². The maximum atomic E-state index is 6.15. The van der Waals surface area contributed by atoms with Gasteiger partial charge in [-0.1, -0.05) is 48.0 Å². The summed E-state index contributed by atoms with van der Waals surface area (Å²) in [5.74, 6) is 0. The molecule has 2 aromatic rings. The van der Waals surface area contributed by atoms with Crippen molar-refractivity contribution in [2.24, 2.45) is 5.73 Å². The van der Waals surface area contributed by atoms with Crippen LogP contribution in [0.5, 0.6) is 0 Å². The molecular weight excluding hydrogens is 220 g/mol. The summed E-state index contributed by atoms with van der Waals surface area (Å²) in [6.45, 7) is 0.547. The quantitative estimate of drug-likeness (QED) is 0.782. The van der Waals surface area contributed by atoms with E-state index in [1.165, 1.54) is 0 Å². The second-order valence-corrected chi connectivity index (χ2v) is 3.99. The number of halogens is 1. The summed E-state index contributed by atoms with van der Waals surface area (Å²) in [7, 11) is 0. The highest BCUT2D eigenvalue weighted by Gasteiger charge is 2.05. The Morgan fingerprint density at radius 2 is 1.69 bits per heavy atom. The van der Waals surface area contributed by atoms with E-state index in [4.69, 9.17) is 23.1 Å². The van der Waals surface area contributed by atoms with Crippen LogP contribution in [0, 0.1) is 0 Å². The van der Waals surface area contributed by atoms with Crippen molar-refractivity contribution in [3.05, 3.63) is 53.1 Å². The first-order valence-electron chi connectivity index (χ1n) is 5.05. The van der Waals surface area contributed by atoms with Gasteiger partial charge in [0.1, 0.15) is 0 Å². The van der Waals surface area contributed by atoms with Crippen LogP contribution in [0.1, 0.15) is 5.56 Å². The molecule has 0 bridgehead atoms. The van der Waals surface area contributed by atoms with Crippen molar-refractivity contribution < 1.29 is 0 Å². The zero-order chi connectivity index (χ0) is 11.5. The summed E-state index contributed by atoms with van der Waals surface area (Å²) in [6.07, 6.45) is 0. The van der Waals surface area contributed by atoms with E-state index in [0.29, 0.717) is 17.3 Å². The molecule has 4 N–H and O–H groups in total. The second kappa shape index (κ2) is 4.56. The van der Waals surface area contributed by atoms with E-state index in [1.807, 2.05) is 36.4 Å². The van der Waals surface area contributed by atoms with Gasteiger partial charge in [0.15, 0.2) is 0 Å². The highest BCUT2D eigenvalue weighted by molar-refractivity contribution is 6.35. The van der Waals surface area contributed by atoms with Gasteiger partial charge in [0.2, 0.25) is 0 Å². The third-order valence-corrected chi connectivity index (χ3v) is 2.95. The number of hydrogen-bond acceptors (Lipinski definition) is 2. The van der Waals surface area contributed by atoms with Crippen molar-refractivity contribution in [2.45, 2.75) is 6.54 Å². The van der Waals surface area contributed by atoms with E-state index in [-0.39, 0.29) is 0 Å². The van der Waals surface area contributed by atoms with Crippen molar-refractivity contribution in [2.75, 3.05) is 5.73 Å². The van der Waals surface area contributed by atoms with Gasteiger partial charge in [-0.05, 0) is 17.2 Å². The molecule has 0 aliphatic heterocycles. The summed E-state index contributed by atoms with van der Waals surface area (Å²) in [5.41, 5.74) is 15.0. The monoisotopic (exact) mass is 232 g/mol. The average Bonchev–Trinajstić information content (AvgIpc) is 2.33. The molecule has 0 spiro atoms. The van der Waals surface area contributed by atoms with Gasteiger partial charge < -0.3 is 11.5 Å². The van der Waals surface area contributed by atoms with Crippen molar-refractivity contribution >= 4 is 17.3 Å². The first-order chi connectivity index (χ1) is 7.72. The molecule has 2 nitrogen and oxygen atoms in total. The summed E-state index contributed by atoms with van der Waals surface area (Å²) >= 11 is 6.15. The largest absolute Gasteiger partial charge is 0.398 e. The molecule has 3 heteroatoms. The van der Waals surface area contributed by atoms with Crippen molar-refractivity contribution in [3.8, 4) is 11.1 Å². The molecule has 0 radical (unpaired) electrons. The number of hydrogen-bond donors (Lipinski definition) is 2. The second-order valence-electron chi connectivity index (χ2n) is 3.61. The summed E-state index contributed by atoms with van der Waals surface area (Å²) in [6, 6.07) is 13.6. The van der Waals surface area contributed by atoms with Crippen molar-refractivity contribution in [1.29, 1.82) is 0 Å². The van der Waals surface area contributed by atoms with Crippen LogP contribution in [0.4, 0.5) is 5.69 Å². The maximum Gasteiger partial charge on any atom is 0.0713 e. The minimum Gasteiger partial charge on any atom is -0.398 e. The fourth-order valence-corrected chi connectivity index (χ4v) is 1.83. The molecule has 0 fully saturated rings. The van der Waals surface area contributed by atoms with Gasteiger partial charge in [-0.25, -0.2) is 0 Å². The van der Waals surface area contributed by atoms with Gasteiger partial charge >= 0.3 is 0 Å². The van der Waals surface area contributed by atoms with Gasteiger partial charge in [-0.3, -0.25) is 0 Å². The first-order valence-corrected chi connectivity index (χ1v) is 5.43. The SMILES string of the molecule is NCc1ccc(-c2cccc(N)c2Cl)cc1. The number of rotatable bonds is 2. The number of anilines is 1. The Morgan fingerprint density at radius 1 is 1.00 bits per heavy atom. The van der Waals surface area contributed by atoms with Gasteiger partial charge in [0.05, 0.1) is 10.7 Å². The Bertz CT molecular complexity index is 492. The minimum atomic E-state index is 0.547. The van der Waals surface area contributed by atoms with E-state index in [9.17, 15) is 0 Å². The Morgan fingerprint density at radius 3 is 2.31 bits per heavy atom. The van der Waals surface area contributed by atoms with Gasteiger partial charge in [0, 0.05) is 12.1 Å². The summed E-state index contributed by atoms with van der Waals surface area (Å²) < 4.78 is 0. The van der Waals surface area contributed by atoms with Crippen LogP contribution < -0.4 is 11.5 Å². The third-order valence-electron chi connectivity index (χ3n) is 2.53. The lowest BCUT2D eigenvalue weighted by Gasteiger charge is -2.07. The molecular formula is C13H13ClN2. The minimum absolute atomic E-state index is 0.547. The van der Waals surface area contributed by atoms with Crippen LogP contribution in [-0.2, 0) is 6.54 Å². The van der Waals surface area contributed by atoms with E-state index < -0.39 is 0 Å². The normalized spacial score (nSPS) is 10.4. The van der Waals surface area contributed by atoms with Crippen molar-refractivity contribution in [1.82, 2.24) is 0 Å². The van der Waals surface area contributed by atoms with E-state index >= 15 is 0 Å². The van der Waals surface area contributed by atoms with Crippen LogP contribution in [-0.4, -0.2) is 0 Å². The lowest BCUT2D eigenvalue weighted by atomic mass is 10.0. The summed E-state index contributed by atoms with van der Waals surface area (Å²) in [4.78, 5) is 0. The topological polar surface area (TPSA) is 52.0 Å². The van der Waals surface area contributed by atoms with Crippen LogP contribution in [0.15, 0.2) is 42.5 Å². The van der Waals surface area contributed by atoms with Crippen molar-refractivity contribution in [3.63, 3.8) is 0 Å². The standard InChI is InChI=1S/C13H13ClN2/c14-13-11(2-1-3-12(13)16)10-6-4-9(8-15)5-7-10/h1-7H,8,15-16H2. The van der Waals surface area contributed by atoms with Crippen LogP contribution >= 0.6 is 11.6 Å². The van der Waals surface area contributed by atoms with Crippen LogP contribution in [0.3, 0.4) is 0 Å². The number of benzene rings is 2. The smallest absolute Gasteiger partial charge is 0.0713 e. The molecule has 0 aromatic heterocycles. The fourth-order valence-electron chi connectivity index (χ4n) is 1.59. The Kier molecular flexibility index (Phi) is 3.13. The lowest BCUT2D eigenvalue weighted by molar-refractivity contribution is 1.07. The molecule has 0 aliphatic rings. The molecule has 2 rings (SSSR count). The zero-order valence-electron chi connectivity index (χ0n) is 8.78. The van der Waals surface area contributed by atoms with E-state index in [1.54, 1.807) is 6.07 Å². The molecule has 0 heterocycles. The van der Waals surface area contributed by atoms with Crippen LogP contribution in [0.2, 0.25) is 5.02 Å². The molecule has 2 aromatic carbocycles. The Labute approximate surface area is 99.8 Å². The molecule has 0 atom stereocenters. The Balaban J connectivity index is 2.46. The molecule has 0 saturated carbocycles. The lowest BCUT2D eigenvalue weighted by Crippen LogP contribution is -1.95. The predicted molar refractivity (Wildman–Crippen MR) is 69.2 cm³/mol. The van der Waals surface area contributed by atoms with Crippen LogP contribution in [0.25, 0.3) is 11.1 Å². The predicted octanol–water partition coefficient (Wildman–Crippen LogP) is 3.05. The van der Waals surface area contributed by atoms with E-state index in [2.05, 4.69) is 0 Å². The first kappa shape index (κ1) is 11.0. The molecule has 0 unspecified atom stereocenters. The third kappa shape index (κ3) is 2.03.